The van der Waals surface area contributed by atoms with Gasteiger partial charge in [-0.05, 0) is 67.4 Å². The average molecular weight is 406 g/mol. The summed E-state index contributed by atoms with van der Waals surface area (Å²) in [6, 6.07) is 8.52. The van der Waals surface area contributed by atoms with Crippen LogP contribution in [0.25, 0.3) is 0 Å². The van der Waals surface area contributed by atoms with Crippen LogP contribution in [0.3, 0.4) is 0 Å². The predicted octanol–water partition coefficient (Wildman–Crippen LogP) is 4.22. The molecular formula is C22H31NO4S. The minimum absolute atomic E-state index is 0.0503. The van der Waals surface area contributed by atoms with E-state index in [4.69, 9.17) is 5.11 Å². The number of sulfonamides is 1. The van der Waals surface area contributed by atoms with Gasteiger partial charge in [-0.3, -0.25) is 4.79 Å². The van der Waals surface area contributed by atoms with Crippen LogP contribution < -0.4 is 4.72 Å². The molecule has 3 aliphatic rings. The zero-order valence-corrected chi connectivity index (χ0v) is 17.5. The van der Waals surface area contributed by atoms with Gasteiger partial charge in [-0.25, -0.2) is 13.1 Å². The molecule has 0 spiro atoms. The summed E-state index contributed by atoms with van der Waals surface area (Å²) >= 11 is 0. The number of unbranched alkanes of at least 4 members (excludes halogenated alkanes) is 1. The van der Waals surface area contributed by atoms with Crippen molar-refractivity contribution in [1.82, 2.24) is 4.72 Å². The Labute approximate surface area is 168 Å². The van der Waals surface area contributed by atoms with Gasteiger partial charge in [0.25, 0.3) is 0 Å². The summed E-state index contributed by atoms with van der Waals surface area (Å²) in [4.78, 5) is 10.9. The van der Waals surface area contributed by atoms with Crippen LogP contribution in [-0.4, -0.2) is 25.5 Å². The molecule has 6 heteroatoms. The van der Waals surface area contributed by atoms with E-state index in [0.717, 1.165) is 19.3 Å². The van der Waals surface area contributed by atoms with Crippen molar-refractivity contribution in [3.63, 3.8) is 0 Å². The number of rotatable bonds is 9. The Kier molecular flexibility index (Phi) is 6.30. The SMILES string of the molecule is CC1(C)[C@H]2C[C@@H](NS(=O)(=O)c3ccccc3)[C@@H](C/C=C\CCCC(=O)O)[C@@H]1C2. The van der Waals surface area contributed by atoms with Gasteiger partial charge in [-0.2, -0.15) is 0 Å². The Bertz CT molecular complexity index is 816. The summed E-state index contributed by atoms with van der Waals surface area (Å²) < 4.78 is 28.6. The topological polar surface area (TPSA) is 83.5 Å². The largest absolute Gasteiger partial charge is 0.481 e. The van der Waals surface area contributed by atoms with Crippen LogP contribution in [0.15, 0.2) is 47.4 Å². The number of fused-ring (bicyclic) bond motifs is 2. The third-order valence-corrected chi connectivity index (χ3v) is 8.32. The highest BCUT2D eigenvalue weighted by atomic mass is 32.2. The first-order valence-corrected chi connectivity index (χ1v) is 11.6. The first-order chi connectivity index (χ1) is 13.2. The molecule has 0 aromatic heterocycles. The quantitative estimate of drug-likeness (QED) is 0.476. The highest BCUT2D eigenvalue weighted by Crippen LogP contribution is 2.62. The van der Waals surface area contributed by atoms with Crippen LogP contribution >= 0.6 is 0 Å². The first kappa shape index (κ1) is 21.1. The fourth-order valence-corrected chi connectivity index (χ4v) is 6.34. The molecule has 3 fully saturated rings. The number of carboxylic acid groups (broad SMARTS) is 1. The van der Waals surface area contributed by atoms with E-state index in [1.807, 2.05) is 12.1 Å². The lowest BCUT2D eigenvalue weighted by Crippen LogP contribution is -2.61. The second-order valence-corrected chi connectivity index (χ2v) is 10.5. The lowest BCUT2D eigenvalue weighted by Gasteiger charge is -2.62. The van der Waals surface area contributed by atoms with Crippen molar-refractivity contribution in [2.75, 3.05) is 0 Å². The van der Waals surface area contributed by atoms with Crippen molar-refractivity contribution in [2.45, 2.75) is 63.3 Å². The first-order valence-electron chi connectivity index (χ1n) is 10.2. The van der Waals surface area contributed by atoms with Crippen molar-refractivity contribution in [2.24, 2.45) is 23.2 Å². The molecule has 1 aromatic carbocycles. The Morgan fingerprint density at radius 2 is 1.93 bits per heavy atom. The van der Waals surface area contributed by atoms with E-state index in [1.54, 1.807) is 24.3 Å². The van der Waals surface area contributed by atoms with E-state index >= 15 is 0 Å². The summed E-state index contributed by atoms with van der Waals surface area (Å²) in [5.74, 6) is 0.586. The number of nitrogens with one attached hydrogen (secondary N) is 1. The van der Waals surface area contributed by atoms with Gasteiger partial charge in [-0.1, -0.05) is 44.2 Å². The molecule has 0 unspecified atom stereocenters. The number of carbonyl (C=O) groups is 1. The Morgan fingerprint density at radius 1 is 1.21 bits per heavy atom. The molecule has 154 valence electrons. The smallest absolute Gasteiger partial charge is 0.303 e. The number of benzene rings is 1. The average Bonchev–Trinajstić information content (AvgIpc) is 2.65. The van der Waals surface area contributed by atoms with Crippen molar-refractivity contribution in [3.8, 4) is 0 Å². The third kappa shape index (κ3) is 4.49. The molecular weight excluding hydrogens is 374 g/mol. The maximum atomic E-state index is 12.8. The molecule has 0 radical (unpaired) electrons. The standard InChI is InChI=1S/C22H31NO4S/c1-22(2)16-14-19(22)18(12-8-3-4-9-13-21(24)25)20(15-16)23-28(26,27)17-10-6-5-7-11-17/h3,5-8,10-11,16,18-20,23H,4,9,12-15H2,1-2H3,(H,24,25)/b8-3-/t16-,18+,19+,20-/m1/s1. The zero-order chi connectivity index (χ0) is 20.4. The van der Waals surface area contributed by atoms with Crippen molar-refractivity contribution in [1.29, 1.82) is 0 Å². The number of hydrogen-bond acceptors (Lipinski definition) is 3. The Hall–Kier alpha value is -1.66. The van der Waals surface area contributed by atoms with E-state index in [-0.39, 0.29) is 23.8 Å². The van der Waals surface area contributed by atoms with E-state index < -0.39 is 16.0 Å². The molecule has 2 N–H and O–H groups in total. The van der Waals surface area contributed by atoms with Gasteiger partial charge in [0.15, 0.2) is 0 Å². The monoisotopic (exact) mass is 405 g/mol. The van der Waals surface area contributed by atoms with Crippen LogP contribution in [0.1, 0.15) is 52.4 Å². The van der Waals surface area contributed by atoms with Crippen LogP contribution in [-0.2, 0) is 14.8 Å². The zero-order valence-electron chi connectivity index (χ0n) is 16.7. The van der Waals surface area contributed by atoms with Crippen molar-refractivity contribution < 1.29 is 18.3 Å². The summed E-state index contributed by atoms with van der Waals surface area (Å²) in [6.07, 6.45) is 8.61. The Morgan fingerprint density at radius 3 is 2.57 bits per heavy atom. The molecule has 2 bridgehead atoms. The molecule has 4 rings (SSSR count). The number of aliphatic carboxylic acids is 1. The second kappa shape index (κ2) is 8.37. The molecule has 4 atom stereocenters. The summed E-state index contributed by atoms with van der Waals surface area (Å²) in [7, 11) is -3.52. The van der Waals surface area contributed by atoms with Gasteiger partial charge >= 0.3 is 5.97 Å². The van der Waals surface area contributed by atoms with Gasteiger partial charge in [0.1, 0.15) is 0 Å². The van der Waals surface area contributed by atoms with E-state index in [2.05, 4.69) is 24.6 Å². The second-order valence-electron chi connectivity index (χ2n) is 8.79. The van der Waals surface area contributed by atoms with Crippen LogP contribution in [0.5, 0.6) is 0 Å². The fourth-order valence-electron chi connectivity index (χ4n) is 5.02. The lowest BCUT2D eigenvalue weighted by molar-refractivity contribution is -0.137. The maximum Gasteiger partial charge on any atom is 0.303 e. The summed E-state index contributed by atoms with van der Waals surface area (Å²) in [5, 5.41) is 8.72. The van der Waals surface area contributed by atoms with E-state index in [9.17, 15) is 13.2 Å². The number of allylic oxidation sites excluding steroid dienone is 2. The summed E-state index contributed by atoms with van der Waals surface area (Å²) in [6.45, 7) is 4.61. The van der Waals surface area contributed by atoms with Gasteiger partial charge in [-0.15, -0.1) is 0 Å². The normalized spacial score (nSPS) is 28.8. The van der Waals surface area contributed by atoms with Crippen LogP contribution in [0.4, 0.5) is 0 Å². The van der Waals surface area contributed by atoms with Crippen molar-refractivity contribution >= 4 is 16.0 Å². The minimum Gasteiger partial charge on any atom is -0.481 e. The molecule has 3 saturated carbocycles. The van der Waals surface area contributed by atoms with Gasteiger partial charge < -0.3 is 5.11 Å². The van der Waals surface area contributed by atoms with Gasteiger partial charge in [0.05, 0.1) is 4.90 Å². The lowest BCUT2D eigenvalue weighted by atomic mass is 9.44. The third-order valence-electron chi connectivity index (χ3n) is 6.81. The van der Waals surface area contributed by atoms with Crippen LogP contribution in [0.2, 0.25) is 0 Å². The molecule has 0 saturated heterocycles. The molecule has 3 aliphatic carbocycles. The highest BCUT2D eigenvalue weighted by molar-refractivity contribution is 7.89. The maximum absolute atomic E-state index is 12.8. The predicted molar refractivity (Wildman–Crippen MR) is 109 cm³/mol. The van der Waals surface area contributed by atoms with Gasteiger partial charge in [0, 0.05) is 12.5 Å². The molecule has 1 aromatic rings. The van der Waals surface area contributed by atoms with Crippen molar-refractivity contribution in [3.05, 3.63) is 42.5 Å². The Balaban J connectivity index is 1.67. The van der Waals surface area contributed by atoms with E-state index in [1.165, 1.54) is 6.42 Å². The van der Waals surface area contributed by atoms with Crippen LogP contribution in [0, 0.1) is 23.2 Å². The fraction of sp³-hybridized carbons (Fsp3) is 0.591. The highest BCUT2D eigenvalue weighted by Gasteiger charge is 2.57. The van der Waals surface area contributed by atoms with E-state index in [0.29, 0.717) is 23.2 Å². The molecule has 28 heavy (non-hydrogen) atoms. The molecule has 0 heterocycles. The number of hydrogen-bond donors (Lipinski definition) is 2. The molecule has 5 nitrogen and oxygen atoms in total. The number of carboxylic acids is 1. The molecule has 0 amide bonds. The summed E-state index contributed by atoms with van der Waals surface area (Å²) in [5.41, 5.74) is 0.260. The minimum atomic E-state index is -3.52. The molecule has 0 aliphatic heterocycles. The van der Waals surface area contributed by atoms with Gasteiger partial charge in [0.2, 0.25) is 10.0 Å².